The molecule has 1 heterocycles. The maximum atomic E-state index is 12.6. The van der Waals surface area contributed by atoms with Gasteiger partial charge in [0, 0.05) is 25.9 Å². The largest absolute Gasteiger partial charge is 0.370 e. The van der Waals surface area contributed by atoms with Gasteiger partial charge in [0.1, 0.15) is 5.60 Å². The molecule has 0 atom stereocenters. The topological polar surface area (TPSA) is 39.2 Å². The lowest BCUT2D eigenvalue weighted by Crippen LogP contribution is -2.41. The number of hydrogen-bond acceptors (Lipinski definition) is 3. The molecule has 2 rings (SSSR count). The Bertz CT molecular complexity index is 440. The number of aromatic nitrogens is 1. The number of hydrogen-bond donors (Lipinski definition) is 0. The lowest BCUT2D eigenvalue weighted by Gasteiger charge is -2.30. The van der Waals surface area contributed by atoms with Crippen molar-refractivity contribution in [3.63, 3.8) is 0 Å². The Labute approximate surface area is 119 Å². The minimum Gasteiger partial charge on any atom is -0.370 e. The lowest BCUT2D eigenvalue weighted by atomic mass is 9.86. The summed E-state index contributed by atoms with van der Waals surface area (Å²) in [4.78, 5) is 16.6. The van der Waals surface area contributed by atoms with Crippen LogP contribution < -0.4 is 0 Å². The van der Waals surface area contributed by atoms with Crippen LogP contribution in [0.2, 0.25) is 5.02 Å². The molecular weight excluding hydrogens is 262 g/mol. The van der Waals surface area contributed by atoms with Gasteiger partial charge < -0.3 is 4.74 Å². The van der Waals surface area contributed by atoms with Crippen LogP contribution in [0.25, 0.3) is 0 Å². The summed E-state index contributed by atoms with van der Waals surface area (Å²) in [6.07, 6.45) is 9.72. The highest BCUT2D eigenvalue weighted by atomic mass is 35.5. The third kappa shape index (κ3) is 3.34. The summed E-state index contributed by atoms with van der Waals surface area (Å²) in [5.74, 6) is 0.144. The smallest absolute Gasteiger partial charge is 0.169 e. The van der Waals surface area contributed by atoms with E-state index in [0.29, 0.717) is 11.4 Å². The molecule has 1 aliphatic rings. The minimum absolute atomic E-state index is 0.144. The number of methoxy groups -OCH3 is 1. The predicted octanol–water partition coefficient (Wildman–Crippen LogP) is 3.59. The highest BCUT2D eigenvalue weighted by molar-refractivity contribution is 6.31. The van der Waals surface area contributed by atoms with Crippen LogP contribution in [0.15, 0.2) is 18.5 Å². The zero-order valence-electron chi connectivity index (χ0n) is 11.3. The van der Waals surface area contributed by atoms with Crippen LogP contribution in [0.3, 0.4) is 0 Å². The van der Waals surface area contributed by atoms with Gasteiger partial charge in [0.15, 0.2) is 5.78 Å². The van der Waals surface area contributed by atoms with Crippen LogP contribution in [0.4, 0.5) is 0 Å². The Kier molecular flexibility index (Phi) is 4.94. The highest BCUT2D eigenvalue weighted by Crippen LogP contribution is 2.32. The molecule has 1 aliphatic carbocycles. The number of pyridine rings is 1. The Morgan fingerprint density at radius 2 is 2.05 bits per heavy atom. The molecule has 104 valence electrons. The Morgan fingerprint density at radius 1 is 1.37 bits per heavy atom. The summed E-state index contributed by atoms with van der Waals surface area (Å²) >= 11 is 6.07. The summed E-state index contributed by atoms with van der Waals surface area (Å²) in [5, 5.41) is 0.552. The van der Waals surface area contributed by atoms with Crippen molar-refractivity contribution in [2.75, 3.05) is 7.11 Å². The average molecular weight is 282 g/mol. The number of carbonyl (C=O) groups is 1. The monoisotopic (exact) mass is 281 g/mol. The van der Waals surface area contributed by atoms with E-state index in [-0.39, 0.29) is 5.78 Å². The molecule has 3 nitrogen and oxygen atoms in total. The normalized spacial score (nSPS) is 18.8. The Hall–Kier alpha value is -0.930. The molecule has 0 radical (unpaired) electrons. The van der Waals surface area contributed by atoms with Crippen molar-refractivity contribution >= 4 is 17.4 Å². The van der Waals surface area contributed by atoms with E-state index in [4.69, 9.17) is 16.3 Å². The Morgan fingerprint density at radius 3 is 2.63 bits per heavy atom. The summed E-state index contributed by atoms with van der Waals surface area (Å²) in [5.41, 5.74) is 0.227. The van der Waals surface area contributed by atoms with Gasteiger partial charge in [-0.2, -0.15) is 0 Å². The van der Waals surface area contributed by atoms with Crippen molar-refractivity contribution < 1.29 is 9.53 Å². The van der Waals surface area contributed by atoms with E-state index in [1.807, 2.05) is 0 Å². The van der Waals surface area contributed by atoms with Gasteiger partial charge >= 0.3 is 0 Å². The molecule has 0 bridgehead atoms. The molecule has 1 fully saturated rings. The molecule has 0 N–H and O–H groups in total. The minimum atomic E-state index is -0.608. The fourth-order valence-corrected chi connectivity index (χ4v) is 2.96. The molecule has 1 saturated carbocycles. The summed E-state index contributed by atoms with van der Waals surface area (Å²) in [6, 6.07) is 1.81. The zero-order valence-corrected chi connectivity index (χ0v) is 12.1. The van der Waals surface area contributed by atoms with Gasteiger partial charge in [0.2, 0.25) is 0 Å². The third-order valence-corrected chi connectivity index (χ3v) is 4.36. The molecule has 19 heavy (non-hydrogen) atoms. The summed E-state index contributed by atoms with van der Waals surface area (Å²) in [7, 11) is 1.65. The second-order valence-corrected chi connectivity index (χ2v) is 5.59. The summed E-state index contributed by atoms with van der Waals surface area (Å²) < 4.78 is 5.62. The van der Waals surface area contributed by atoms with Crippen molar-refractivity contribution in [1.82, 2.24) is 4.98 Å². The molecule has 4 heteroatoms. The standard InChI is InChI=1S/C15H20ClNO2/c1-19-15(7-4-2-3-5-8-15)14(18)10-12-6-9-17-11-13(12)16/h6,9,11H,2-5,7-8,10H2,1H3. The van der Waals surface area contributed by atoms with Crippen LogP contribution in [0.5, 0.6) is 0 Å². The number of Topliss-reactive ketones (excluding diaryl/α,β-unsaturated/α-hetero) is 1. The van der Waals surface area contributed by atoms with Crippen LogP contribution in [-0.4, -0.2) is 23.5 Å². The van der Waals surface area contributed by atoms with E-state index >= 15 is 0 Å². The Balaban J connectivity index is 2.14. The molecule has 1 aromatic heterocycles. The maximum absolute atomic E-state index is 12.6. The van der Waals surface area contributed by atoms with E-state index in [9.17, 15) is 4.79 Å². The fraction of sp³-hybridized carbons (Fsp3) is 0.600. The summed E-state index contributed by atoms with van der Waals surface area (Å²) in [6.45, 7) is 0. The zero-order chi connectivity index (χ0) is 13.7. The van der Waals surface area contributed by atoms with Gasteiger partial charge in [-0.05, 0) is 24.5 Å². The average Bonchev–Trinajstić information content (AvgIpc) is 2.67. The second-order valence-electron chi connectivity index (χ2n) is 5.18. The number of nitrogens with zero attached hydrogens (tertiary/aromatic N) is 1. The predicted molar refractivity (Wildman–Crippen MR) is 75.4 cm³/mol. The number of ketones is 1. The molecule has 0 spiro atoms. The highest BCUT2D eigenvalue weighted by Gasteiger charge is 2.38. The first-order chi connectivity index (χ1) is 9.18. The molecule has 0 amide bonds. The first kappa shape index (κ1) is 14.5. The van der Waals surface area contributed by atoms with Crippen LogP contribution in [0.1, 0.15) is 44.1 Å². The van der Waals surface area contributed by atoms with Crippen molar-refractivity contribution in [3.05, 3.63) is 29.0 Å². The van der Waals surface area contributed by atoms with Crippen molar-refractivity contribution in [3.8, 4) is 0 Å². The molecule has 0 unspecified atom stereocenters. The van der Waals surface area contributed by atoms with E-state index in [2.05, 4.69) is 4.98 Å². The quantitative estimate of drug-likeness (QED) is 0.792. The van der Waals surface area contributed by atoms with E-state index < -0.39 is 5.60 Å². The number of halogens is 1. The number of carbonyl (C=O) groups excluding carboxylic acids is 1. The van der Waals surface area contributed by atoms with Crippen LogP contribution in [0, 0.1) is 0 Å². The van der Waals surface area contributed by atoms with Gasteiger partial charge in [-0.1, -0.05) is 37.3 Å². The first-order valence-corrected chi connectivity index (χ1v) is 7.22. The van der Waals surface area contributed by atoms with Gasteiger partial charge in [-0.15, -0.1) is 0 Å². The van der Waals surface area contributed by atoms with Crippen molar-refractivity contribution in [1.29, 1.82) is 0 Å². The van der Waals surface area contributed by atoms with Gasteiger partial charge in [0.05, 0.1) is 5.02 Å². The molecule has 0 aliphatic heterocycles. The van der Waals surface area contributed by atoms with Crippen molar-refractivity contribution in [2.45, 2.75) is 50.5 Å². The number of rotatable bonds is 4. The van der Waals surface area contributed by atoms with Gasteiger partial charge in [-0.3, -0.25) is 9.78 Å². The SMILES string of the molecule is COC1(C(=O)Cc2ccncc2Cl)CCCCCC1. The van der Waals surface area contributed by atoms with Gasteiger partial charge in [-0.25, -0.2) is 0 Å². The van der Waals surface area contributed by atoms with E-state index in [1.54, 1.807) is 25.6 Å². The van der Waals surface area contributed by atoms with Gasteiger partial charge in [0.25, 0.3) is 0 Å². The first-order valence-electron chi connectivity index (χ1n) is 6.85. The van der Waals surface area contributed by atoms with Crippen LogP contribution >= 0.6 is 11.6 Å². The molecule has 0 saturated heterocycles. The van der Waals surface area contributed by atoms with Crippen LogP contribution in [-0.2, 0) is 16.0 Å². The fourth-order valence-electron chi connectivity index (χ4n) is 2.78. The van der Waals surface area contributed by atoms with Crippen molar-refractivity contribution in [2.24, 2.45) is 0 Å². The molecular formula is C15H20ClNO2. The number of ether oxygens (including phenoxy) is 1. The second kappa shape index (κ2) is 6.49. The lowest BCUT2D eigenvalue weighted by molar-refractivity contribution is -0.142. The van der Waals surface area contributed by atoms with E-state index in [0.717, 1.165) is 31.2 Å². The maximum Gasteiger partial charge on any atom is 0.169 e. The molecule has 0 aromatic carbocycles. The van der Waals surface area contributed by atoms with E-state index in [1.165, 1.54) is 12.8 Å². The molecule has 1 aromatic rings. The third-order valence-electron chi connectivity index (χ3n) is 4.02.